The molecule has 0 radical (unpaired) electrons. The Morgan fingerprint density at radius 3 is 2.50 bits per heavy atom. The van der Waals surface area contributed by atoms with Crippen molar-refractivity contribution in [2.45, 2.75) is 25.3 Å². The Morgan fingerprint density at radius 1 is 1.07 bits per heavy atom. The van der Waals surface area contributed by atoms with Crippen molar-refractivity contribution in [2.75, 3.05) is 39.3 Å². The molecular formula is C22H28N4O2. The van der Waals surface area contributed by atoms with Gasteiger partial charge in [-0.25, -0.2) is 4.79 Å². The van der Waals surface area contributed by atoms with Crippen molar-refractivity contribution in [3.05, 3.63) is 59.9 Å². The van der Waals surface area contributed by atoms with E-state index < -0.39 is 0 Å². The fourth-order valence-corrected chi connectivity index (χ4v) is 4.09. The molecule has 0 bridgehead atoms. The maximum atomic E-state index is 12.4. The number of piperazine rings is 1. The Balaban J connectivity index is 1.13. The summed E-state index contributed by atoms with van der Waals surface area (Å²) in [6.45, 7) is 4.70. The number of hydrogen-bond acceptors (Lipinski definition) is 4. The Kier molecular flexibility index (Phi) is 6.07. The highest BCUT2D eigenvalue weighted by atomic mass is 16.5. The van der Waals surface area contributed by atoms with Crippen LogP contribution >= 0.6 is 0 Å². The van der Waals surface area contributed by atoms with Gasteiger partial charge in [-0.05, 0) is 42.5 Å². The van der Waals surface area contributed by atoms with E-state index in [1.165, 1.54) is 11.1 Å². The van der Waals surface area contributed by atoms with Crippen LogP contribution in [0, 0.1) is 0 Å². The number of nitrogens with zero attached hydrogens (tertiary/aromatic N) is 3. The molecule has 6 nitrogen and oxygen atoms in total. The smallest absolute Gasteiger partial charge is 0.317 e. The van der Waals surface area contributed by atoms with Crippen LogP contribution < -0.4 is 10.1 Å². The largest absolute Gasteiger partial charge is 0.492 e. The molecule has 28 heavy (non-hydrogen) atoms. The number of ether oxygens (including phenoxy) is 1. The van der Waals surface area contributed by atoms with E-state index in [9.17, 15) is 4.79 Å². The van der Waals surface area contributed by atoms with Gasteiger partial charge in [-0.15, -0.1) is 0 Å². The molecule has 6 heteroatoms. The van der Waals surface area contributed by atoms with E-state index in [1.54, 1.807) is 12.4 Å². The number of carbonyl (C=O) groups is 1. The molecule has 1 N–H and O–H groups in total. The van der Waals surface area contributed by atoms with Crippen molar-refractivity contribution < 1.29 is 9.53 Å². The normalized spacial score (nSPS) is 17.4. The summed E-state index contributed by atoms with van der Waals surface area (Å²) in [4.78, 5) is 20.9. The van der Waals surface area contributed by atoms with Crippen LogP contribution in [0.3, 0.4) is 0 Å². The number of pyridine rings is 1. The van der Waals surface area contributed by atoms with Crippen LogP contribution in [0.5, 0.6) is 5.75 Å². The van der Waals surface area contributed by atoms with E-state index in [2.05, 4.69) is 39.5 Å². The third-order valence-electron chi connectivity index (χ3n) is 5.65. The minimum Gasteiger partial charge on any atom is -0.492 e. The molecule has 1 aliphatic carbocycles. The topological polar surface area (TPSA) is 57.7 Å². The third kappa shape index (κ3) is 4.62. The predicted molar refractivity (Wildman–Crippen MR) is 109 cm³/mol. The van der Waals surface area contributed by atoms with Gasteiger partial charge in [0.05, 0.1) is 12.8 Å². The monoisotopic (exact) mass is 380 g/mol. The second-order valence-corrected chi connectivity index (χ2v) is 7.48. The van der Waals surface area contributed by atoms with Crippen LogP contribution in [-0.4, -0.2) is 66.2 Å². The quantitative estimate of drug-likeness (QED) is 0.782. The summed E-state index contributed by atoms with van der Waals surface area (Å²) in [6.07, 6.45) is 6.47. The maximum absolute atomic E-state index is 12.4. The molecule has 2 amide bonds. The first-order chi connectivity index (χ1) is 13.8. The molecule has 4 rings (SSSR count). The highest BCUT2D eigenvalue weighted by molar-refractivity contribution is 5.74. The number of nitrogens with one attached hydrogen (secondary N) is 1. The van der Waals surface area contributed by atoms with Crippen LogP contribution in [0.4, 0.5) is 4.79 Å². The number of benzene rings is 1. The van der Waals surface area contributed by atoms with Crippen LogP contribution in [0.15, 0.2) is 48.8 Å². The van der Waals surface area contributed by atoms with Crippen molar-refractivity contribution in [1.29, 1.82) is 0 Å². The molecule has 0 unspecified atom stereocenters. The first kappa shape index (κ1) is 18.7. The zero-order chi connectivity index (χ0) is 19.2. The summed E-state index contributed by atoms with van der Waals surface area (Å²) in [5.41, 5.74) is 2.97. The number of fused-ring (bicyclic) bond motifs is 1. The van der Waals surface area contributed by atoms with Gasteiger partial charge in [-0.2, -0.15) is 0 Å². The van der Waals surface area contributed by atoms with Gasteiger partial charge < -0.3 is 15.0 Å². The average molecular weight is 380 g/mol. The Hall–Kier alpha value is -2.60. The number of hydrogen-bond donors (Lipinski definition) is 1. The minimum atomic E-state index is 0.0377. The van der Waals surface area contributed by atoms with Gasteiger partial charge in [0, 0.05) is 45.0 Å². The number of carbonyl (C=O) groups excluding carboxylic acids is 1. The summed E-state index contributed by atoms with van der Waals surface area (Å²) >= 11 is 0. The second kappa shape index (κ2) is 9.06. The fourth-order valence-electron chi connectivity index (χ4n) is 4.09. The number of amides is 2. The van der Waals surface area contributed by atoms with E-state index in [4.69, 9.17) is 4.74 Å². The molecule has 1 aromatic carbocycles. The van der Waals surface area contributed by atoms with E-state index in [1.807, 2.05) is 17.0 Å². The molecule has 2 aromatic rings. The van der Waals surface area contributed by atoms with Crippen molar-refractivity contribution in [2.24, 2.45) is 0 Å². The Bertz CT molecular complexity index is 750. The molecule has 0 spiro atoms. The molecule has 1 aliphatic heterocycles. The number of urea groups is 1. The number of rotatable bonds is 6. The van der Waals surface area contributed by atoms with Gasteiger partial charge in [0.15, 0.2) is 0 Å². The SMILES string of the molecule is O=C(NCCCOc1cccnc1)N1CCN(C2Cc3ccccc3C2)CC1. The minimum absolute atomic E-state index is 0.0377. The van der Waals surface area contributed by atoms with Gasteiger partial charge in [-0.1, -0.05) is 24.3 Å². The highest BCUT2D eigenvalue weighted by Crippen LogP contribution is 2.26. The summed E-state index contributed by atoms with van der Waals surface area (Å²) in [6, 6.07) is 13.1. The van der Waals surface area contributed by atoms with Crippen LogP contribution in [-0.2, 0) is 12.8 Å². The molecule has 0 atom stereocenters. The summed E-state index contributed by atoms with van der Waals surface area (Å²) in [7, 11) is 0. The first-order valence-electron chi connectivity index (χ1n) is 10.2. The summed E-state index contributed by atoms with van der Waals surface area (Å²) < 4.78 is 5.60. The molecule has 2 heterocycles. The standard InChI is InChI=1S/C22H28N4O2/c27-22(24-9-4-14-28-21-7-3-8-23-17-21)26-12-10-25(11-13-26)20-15-18-5-1-2-6-19(18)16-20/h1-3,5-8,17,20H,4,9-16H2,(H,24,27). The van der Waals surface area contributed by atoms with E-state index in [0.29, 0.717) is 19.2 Å². The van der Waals surface area contributed by atoms with Crippen molar-refractivity contribution in [3.63, 3.8) is 0 Å². The van der Waals surface area contributed by atoms with E-state index in [0.717, 1.165) is 51.2 Å². The van der Waals surface area contributed by atoms with Gasteiger partial charge in [0.1, 0.15) is 5.75 Å². The molecule has 1 fully saturated rings. The average Bonchev–Trinajstić information content (AvgIpc) is 3.18. The van der Waals surface area contributed by atoms with Gasteiger partial charge in [0.2, 0.25) is 0 Å². The van der Waals surface area contributed by atoms with Crippen molar-refractivity contribution >= 4 is 6.03 Å². The molecule has 0 saturated carbocycles. The van der Waals surface area contributed by atoms with Crippen LogP contribution in [0.1, 0.15) is 17.5 Å². The molecular weight excluding hydrogens is 352 g/mol. The van der Waals surface area contributed by atoms with Gasteiger partial charge in [0.25, 0.3) is 0 Å². The lowest BCUT2D eigenvalue weighted by atomic mass is 10.1. The van der Waals surface area contributed by atoms with Crippen molar-refractivity contribution in [1.82, 2.24) is 20.1 Å². The Labute approximate surface area is 166 Å². The fraction of sp³-hybridized carbons (Fsp3) is 0.455. The van der Waals surface area contributed by atoms with Crippen molar-refractivity contribution in [3.8, 4) is 5.75 Å². The van der Waals surface area contributed by atoms with Gasteiger partial charge in [-0.3, -0.25) is 9.88 Å². The zero-order valence-corrected chi connectivity index (χ0v) is 16.2. The third-order valence-corrected chi connectivity index (χ3v) is 5.65. The van der Waals surface area contributed by atoms with Gasteiger partial charge >= 0.3 is 6.03 Å². The lowest BCUT2D eigenvalue weighted by Gasteiger charge is -2.38. The lowest BCUT2D eigenvalue weighted by molar-refractivity contribution is 0.111. The zero-order valence-electron chi connectivity index (χ0n) is 16.2. The van der Waals surface area contributed by atoms with E-state index >= 15 is 0 Å². The predicted octanol–water partition coefficient (Wildman–Crippen LogP) is 2.35. The number of aromatic nitrogens is 1. The lowest BCUT2D eigenvalue weighted by Crippen LogP contribution is -2.54. The first-order valence-corrected chi connectivity index (χ1v) is 10.2. The summed E-state index contributed by atoms with van der Waals surface area (Å²) in [5, 5.41) is 3.01. The van der Waals surface area contributed by atoms with Crippen LogP contribution in [0.25, 0.3) is 0 Å². The second-order valence-electron chi connectivity index (χ2n) is 7.48. The summed E-state index contributed by atoms with van der Waals surface area (Å²) in [5.74, 6) is 0.763. The van der Waals surface area contributed by atoms with Crippen LogP contribution in [0.2, 0.25) is 0 Å². The molecule has 148 valence electrons. The Morgan fingerprint density at radius 2 is 1.82 bits per heavy atom. The highest BCUT2D eigenvalue weighted by Gasteiger charge is 2.30. The molecule has 1 aromatic heterocycles. The molecule has 1 saturated heterocycles. The molecule has 2 aliphatic rings. The maximum Gasteiger partial charge on any atom is 0.317 e. The van der Waals surface area contributed by atoms with E-state index in [-0.39, 0.29) is 6.03 Å².